The number of nitrogens with zero attached hydrogens (tertiary/aromatic N) is 3. The second-order valence-corrected chi connectivity index (χ2v) is 3.83. The van der Waals surface area contributed by atoms with Crippen LogP contribution in [0.15, 0.2) is 6.20 Å². The summed E-state index contributed by atoms with van der Waals surface area (Å²) in [4.78, 5) is 32.7. The number of carbonyl (C=O) groups is 3. The minimum absolute atomic E-state index is 0.116. The summed E-state index contributed by atoms with van der Waals surface area (Å²) in [6, 6.07) is -0.443. The number of hydrogen-bond donors (Lipinski definition) is 4. The molecule has 0 aliphatic carbocycles. The second-order valence-electron chi connectivity index (χ2n) is 3.83. The number of carboxylic acid groups (broad SMARTS) is 1. The fourth-order valence-electron chi connectivity index (χ4n) is 1.28. The van der Waals surface area contributed by atoms with Gasteiger partial charge in [0.05, 0.1) is 12.7 Å². The topological polar surface area (TPSA) is 138 Å². The maximum Gasteiger partial charge on any atom is 0.325 e. The number of hydrogen-bond acceptors (Lipinski definition) is 5. The minimum atomic E-state index is -1.03. The van der Waals surface area contributed by atoms with E-state index in [9.17, 15) is 14.4 Å². The second kappa shape index (κ2) is 7.71. The number of carboxylic acids is 1. The van der Waals surface area contributed by atoms with Crippen molar-refractivity contribution in [2.24, 2.45) is 0 Å². The first-order valence-corrected chi connectivity index (χ1v) is 5.84. The van der Waals surface area contributed by atoms with Crippen molar-refractivity contribution in [3.63, 3.8) is 0 Å². The normalized spacial score (nSPS) is 9.85. The van der Waals surface area contributed by atoms with E-state index in [-0.39, 0.29) is 32.0 Å². The molecule has 110 valence electrons. The van der Waals surface area contributed by atoms with Crippen LogP contribution in [0.25, 0.3) is 0 Å². The molecule has 0 fully saturated rings. The summed E-state index contributed by atoms with van der Waals surface area (Å²) < 4.78 is 1.16. The Morgan fingerprint density at radius 1 is 1.35 bits per heavy atom. The van der Waals surface area contributed by atoms with E-state index in [1.54, 1.807) is 0 Å². The number of amides is 3. The van der Waals surface area contributed by atoms with Gasteiger partial charge in [-0.1, -0.05) is 5.21 Å². The van der Waals surface area contributed by atoms with Crippen molar-refractivity contribution in [3.05, 3.63) is 11.9 Å². The van der Waals surface area contributed by atoms with Gasteiger partial charge in [-0.3, -0.25) is 9.59 Å². The summed E-state index contributed by atoms with van der Waals surface area (Å²) in [6.45, 7) is 0.0496. The zero-order chi connectivity index (χ0) is 15.0. The first kappa shape index (κ1) is 15.4. The van der Waals surface area contributed by atoms with Gasteiger partial charge >= 0.3 is 12.0 Å². The quantitative estimate of drug-likeness (QED) is 0.470. The third-order valence-electron chi connectivity index (χ3n) is 2.23. The number of carbonyl (C=O) groups excluding carboxylic acids is 2. The van der Waals surface area contributed by atoms with E-state index >= 15 is 0 Å². The molecule has 10 heteroatoms. The molecule has 20 heavy (non-hydrogen) atoms. The highest BCUT2D eigenvalue weighted by atomic mass is 16.4. The number of aliphatic carboxylic acids is 1. The van der Waals surface area contributed by atoms with Gasteiger partial charge in [0.15, 0.2) is 0 Å². The third-order valence-corrected chi connectivity index (χ3v) is 2.23. The zero-order valence-electron chi connectivity index (χ0n) is 10.9. The van der Waals surface area contributed by atoms with Gasteiger partial charge in [0.25, 0.3) is 0 Å². The average Bonchev–Trinajstić information content (AvgIpc) is 2.83. The summed E-state index contributed by atoms with van der Waals surface area (Å²) >= 11 is 0. The van der Waals surface area contributed by atoms with E-state index in [0.29, 0.717) is 5.69 Å². The van der Waals surface area contributed by atoms with Crippen LogP contribution in [0.3, 0.4) is 0 Å². The highest BCUT2D eigenvalue weighted by Gasteiger charge is 2.06. The van der Waals surface area contributed by atoms with Gasteiger partial charge in [-0.05, 0) is 0 Å². The van der Waals surface area contributed by atoms with Crippen LogP contribution in [0.5, 0.6) is 0 Å². The number of rotatable bonds is 7. The molecular weight excluding hydrogens is 268 g/mol. The van der Waals surface area contributed by atoms with Crippen LogP contribution >= 0.6 is 0 Å². The lowest BCUT2D eigenvalue weighted by Gasteiger charge is -2.05. The van der Waals surface area contributed by atoms with Crippen molar-refractivity contribution >= 4 is 17.9 Å². The van der Waals surface area contributed by atoms with Crippen LogP contribution < -0.4 is 16.0 Å². The van der Waals surface area contributed by atoms with Gasteiger partial charge in [0, 0.05) is 20.0 Å². The van der Waals surface area contributed by atoms with Crippen molar-refractivity contribution < 1.29 is 19.5 Å². The Morgan fingerprint density at radius 2 is 2.10 bits per heavy atom. The molecule has 0 saturated carbocycles. The van der Waals surface area contributed by atoms with E-state index in [4.69, 9.17) is 5.11 Å². The molecule has 1 aromatic rings. The van der Waals surface area contributed by atoms with Gasteiger partial charge in [-0.25, -0.2) is 9.48 Å². The molecule has 1 rings (SSSR count). The maximum atomic E-state index is 11.4. The van der Waals surface area contributed by atoms with Crippen LogP contribution in [0.1, 0.15) is 12.1 Å². The molecule has 1 aromatic heterocycles. The van der Waals surface area contributed by atoms with E-state index in [1.807, 2.05) is 0 Å². The molecule has 3 amide bonds. The average molecular weight is 284 g/mol. The Kier molecular flexibility index (Phi) is 5.94. The largest absolute Gasteiger partial charge is 0.480 e. The number of urea groups is 1. The monoisotopic (exact) mass is 284 g/mol. The molecule has 0 spiro atoms. The molecule has 0 aliphatic rings. The van der Waals surface area contributed by atoms with Gasteiger partial charge in [-0.2, -0.15) is 0 Å². The zero-order valence-corrected chi connectivity index (χ0v) is 10.9. The van der Waals surface area contributed by atoms with Crippen molar-refractivity contribution in [2.45, 2.75) is 19.5 Å². The summed E-state index contributed by atoms with van der Waals surface area (Å²) in [7, 11) is 1.52. The molecule has 0 saturated heterocycles. The Bertz CT molecular complexity index is 486. The Hall–Kier alpha value is -2.65. The molecule has 0 aromatic carbocycles. The van der Waals surface area contributed by atoms with E-state index < -0.39 is 12.0 Å². The van der Waals surface area contributed by atoms with Crippen LogP contribution in [-0.4, -0.2) is 51.6 Å². The molecular formula is C10H16N6O4. The van der Waals surface area contributed by atoms with Gasteiger partial charge in [-0.15, -0.1) is 5.10 Å². The van der Waals surface area contributed by atoms with Crippen LogP contribution in [0, 0.1) is 0 Å². The SMILES string of the molecule is CNC(=O)CCNC(=O)NCc1cn(CC(=O)O)nn1. The first-order chi connectivity index (χ1) is 9.51. The smallest absolute Gasteiger partial charge is 0.325 e. The predicted molar refractivity (Wildman–Crippen MR) is 66.6 cm³/mol. The lowest BCUT2D eigenvalue weighted by molar-refractivity contribution is -0.138. The third kappa shape index (κ3) is 5.80. The first-order valence-electron chi connectivity index (χ1n) is 5.84. The van der Waals surface area contributed by atoms with Crippen LogP contribution in [-0.2, 0) is 22.7 Å². The van der Waals surface area contributed by atoms with Crippen molar-refractivity contribution in [1.29, 1.82) is 0 Å². The standard InChI is InChI=1S/C10H16N6O4/c1-11-8(17)2-3-12-10(20)13-4-7-5-16(15-14-7)6-9(18)19/h5H,2-4,6H2,1H3,(H,11,17)(H,18,19)(H2,12,13,20). The number of aromatic nitrogens is 3. The Balaban J connectivity index is 2.25. The molecule has 10 nitrogen and oxygen atoms in total. The summed E-state index contributed by atoms with van der Waals surface area (Å²) in [5.41, 5.74) is 0.438. The maximum absolute atomic E-state index is 11.4. The molecule has 0 atom stereocenters. The molecule has 1 heterocycles. The van der Waals surface area contributed by atoms with E-state index in [0.717, 1.165) is 4.68 Å². The highest BCUT2D eigenvalue weighted by Crippen LogP contribution is 1.92. The van der Waals surface area contributed by atoms with Crippen molar-refractivity contribution in [2.75, 3.05) is 13.6 Å². The Morgan fingerprint density at radius 3 is 2.75 bits per heavy atom. The summed E-state index contributed by atoms with van der Waals surface area (Å²) in [5, 5.41) is 23.3. The van der Waals surface area contributed by atoms with Gasteiger partial charge in [0.1, 0.15) is 12.2 Å². The van der Waals surface area contributed by atoms with Gasteiger partial charge < -0.3 is 21.1 Å². The number of nitrogens with one attached hydrogen (secondary N) is 3. The lowest BCUT2D eigenvalue weighted by Crippen LogP contribution is -2.37. The van der Waals surface area contributed by atoms with Crippen molar-refractivity contribution in [3.8, 4) is 0 Å². The summed E-state index contributed by atoms with van der Waals surface area (Å²) in [6.07, 6.45) is 1.62. The predicted octanol–water partition coefficient (Wildman–Crippen LogP) is -1.70. The van der Waals surface area contributed by atoms with E-state index in [2.05, 4.69) is 26.3 Å². The lowest BCUT2D eigenvalue weighted by atomic mass is 10.4. The van der Waals surface area contributed by atoms with Crippen LogP contribution in [0.2, 0.25) is 0 Å². The fourth-order valence-corrected chi connectivity index (χ4v) is 1.28. The molecule has 0 radical (unpaired) electrons. The summed E-state index contributed by atoms with van der Waals surface area (Å²) in [5.74, 6) is -1.19. The molecule has 0 unspecified atom stereocenters. The molecule has 0 bridgehead atoms. The highest BCUT2D eigenvalue weighted by molar-refractivity contribution is 5.77. The Labute approximate surface area is 114 Å². The van der Waals surface area contributed by atoms with Crippen LogP contribution in [0.4, 0.5) is 4.79 Å². The molecule has 0 aliphatic heterocycles. The minimum Gasteiger partial charge on any atom is -0.480 e. The fraction of sp³-hybridized carbons (Fsp3) is 0.500. The van der Waals surface area contributed by atoms with E-state index in [1.165, 1.54) is 13.2 Å². The molecule has 4 N–H and O–H groups in total. The van der Waals surface area contributed by atoms with Crippen molar-refractivity contribution in [1.82, 2.24) is 30.9 Å². The van der Waals surface area contributed by atoms with Gasteiger partial charge in [0.2, 0.25) is 5.91 Å².